The fourth-order valence-electron chi connectivity index (χ4n) is 2.26. The molecule has 3 nitrogen and oxygen atoms in total. The molecule has 0 heterocycles. The highest BCUT2D eigenvalue weighted by atomic mass is 16.5. The minimum Gasteiger partial charge on any atom is -0.496 e. The lowest BCUT2D eigenvalue weighted by Crippen LogP contribution is -2.33. The minimum absolute atomic E-state index is 0.0931. The summed E-state index contributed by atoms with van der Waals surface area (Å²) in [4.78, 5) is 0. The van der Waals surface area contributed by atoms with Crippen LogP contribution in [-0.2, 0) is 6.42 Å². The summed E-state index contributed by atoms with van der Waals surface area (Å²) < 4.78 is 5.31. The van der Waals surface area contributed by atoms with Crippen LogP contribution in [0.2, 0.25) is 0 Å². The molecule has 0 aliphatic heterocycles. The number of ether oxygens (including phenoxy) is 1. The Kier molecular flexibility index (Phi) is 4.25. The predicted molar refractivity (Wildman–Crippen MR) is 73.0 cm³/mol. The molecule has 100 valence electrons. The number of aliphatic hydroxyl groups excluding tert-OH is 1. The van der Waals surface area contributed by atoms with Crippen molar-refractivity contribution in [1.82, 2.24) is 5.32 Å². The monoisotopic (exact) mass is 249 g/mol. The molecule has 1 aromatic rings. The van der Waals surface area contributed by atoms with Crippen LogP contribution in [0.15, 0.2) is 18.2 Å². The van der Waals surface area contributed by atoms with Crippen molar-refractivity contribution in [1.29, 1.82) is 0 Å². The highest BCUT2D eigenvalue weighted by Crippen LogP contribution is 2.27. The molecular weight excluding hydrogens is 226 g/mol. The molecule has 3 heteroatoms. The Morgan fingerprint density at radius 1 is 1.44 bits per heavy atom. The van der Waals surface area contributed by atoms with Crippen molar-refractivity contribution in [2.45, 2.75) is 51.3 Å². The normalized spacial score (nSPS) is 18.4. The summed E-state index contributed by atoms with van der Waals surface area (Å²) in [5.74, 6) is 0.899. The maximum atomic E-state index is 10.3. The average Bonchev–Trinajstić information content (AvgIpc) is 3.20. The third kappa shape index (κ3) is 3.03. The van der Waals surface area contributed by atoms with Crippen LogP contribution in [0, 0.1) is 0 Å². The molecule has 1 aliphatic carbocycles. The Labute approximate surface area is 109 Å². The van der Waals surface area contributed by atoms with Crippen molar-refractivity contribution >= 4 is 0 Å². The summed E-state index contributed by atoms with van der Waals surface area (Å²) in [5.41, 5.74) is 2.11. The summed E-state index contributed by atoms with van der Waals surface area (Å²) >= 11 is 0. The van der Waals surface area contributed by atoms with Crippen LogP contribution in [-0.4, -0.2) is 24.3 Å². The van der Waals surface area contributed by atoms with Gasteiger partial charge in [-0.2, -0.15) is 0 Å². The van der Waals surface area contributed by atoms with Gasteiger partial charge in [-0.25, -0.2) is 0 Å². The Morgan fingerprint density at radius 3 is 2.72 bits per heavy atom. The second-order valence-corrected chi connectivity index (χ2v) is 5.10. The zero-order valence-corrected chi connectivity index (χ0v) is 11.4. The molecule has 0 radical (unpaired) electrons. The third-order valence-electron chi connectivity index (χ3n) is 3.58. The Balaban J connectivity index is 2.10. The third-order valence-corrected chi connectivity index (χ3v) is 3.58. The van der Waals surface area contributed by atoms with Crippen LogP contribution in [0.5, 0.6) is 5.75 Å². The Bertz CT molecular complexity index is 401. The molecule has 1 fully saturated rings. The molecule has 18 heavy (non-hydrogen) atoms. The van der Waals surface area contributed by atoms with Crippen molar-refractivity contribution in [2.24, 2.45) is 0 Å². The molecule has 0 aromatic heterocycles. The van der Waals surface area contributed by atoms with Gasteiger partial charge in [-0.3, -0.25) is 0 Å². The number of aliphatic hydroxyl groups is 1. The molecule has 1 aromatic carbocycles. The summed E-state index contributed by atoms with van der Waals surface area (Å²) in [6.07, 6.45) is 2.93. The maximum absolute atomic E-state index is 10.3. The van der Waals surface area contributed by atoms with Crippen molar-refractivity contribution in [3.05, 3.63) is 29.3 Å². The van der Waals surface area contributed by atoms with Gasteiger partial charge in [0.05, 0.1) is 13.2 Å². The molecule has 0 amide bonds. The molecule has 1 aliphatic rings. The van der Waals surface area contributed by atoms with Crippen LogP contribution < -0.4 is 10.1 Å². The molecule has 2 N–H and O–H groups in total. The van der Waals surface area contributed by atoms with E-state index in [-0.39, 0.29) is 6.04 Å². The van der Waals surface area contributed by atoms with E-state index in [9.17, 15) is 5.11 Å². The van der Waals surface area contributed by atoms with E-state index >= 15 is 0 Å². The van der Waals surface area contributed by atoms with Crippen LogP contribution in [0.3, 0.4) is 0 Å². The van der Waals surface area contributed by atoms with Crippen molar-refractivity contribution < 1.29 is 9.84 Å². The minimum atomic E-state index is -0.457. The SMILES string of the molecule is CCc1cc(C(O)C(C)NC2CC2)ccc1OC. The summed E-state index contributed by atoms with van der Waals surface area (Å²) in [7, 11) is 1.68. The number of benzene rings is 1. The van der Waals surface area contributed by atoms with Gasteiger partial charge >= 0.3 is 0 Å². The van der Waals surface area contributed by atoms with Gasteiger partial charge in [-0.15, -0.1) is 0 Å². The molecule has 1 saturated carbocycles. The van der Waals surface area contributed by atoms with Crippen LogP contribution in [0.1, 0.15) is 43.9 Å². The van der Waals surface area contributed by atoms with Crippen LogP contribution >= 0.6 is 0 Å². The second-order valence-electron chi connectivity index (χ2n) is 5.10. The smallest absolute Gasteiger partial charge is 0.122 e. The Hall–Kier alpha value is -1.06. The summed E-state index contributed by atoms with van der Waals surface area (Å²) in [5, 5.41) is 13.8. The first-order valence-corrected chi connectivity index (χ1v) is 6.76. The highest BCUT2D eigenvalue weighted by Gasteiger charge is 2.26. The molecule has 2 rings (SSSR count). The first-order chi connectivity index (χ1) is 8.65. The average molecular weight is 249 g/mol. The van der Waals surface area contributed by atoms with Crippen molar-refractivity contribution in [3.63, 3.8) is 0 Å². The number of methoxy groups -OCH3 is 1. The zero-order chi connectivity index (χ0) is 13.1. The lowest BCUT2D eigenvalue weighted by atomic mass is 9.99. The van der Waals surface area contributed by atoms with Crippen LogP contribution in [0.25, 0.3) is 0 Å². The van der Waals surface area contributed by atoms with Gasteiger partial charge in [-0.05, 0) is 49.4 Å². The molecule has 0 saturated heterocycles. The zero-order valence-electron chi connectivity index (χ0n) is 11.4. The quantitative estimate of drug-likeness (QED) is 0.813. The van der Waals surface area contributed by atoms with Gasteiger partial charge in [0.15, 0.2) is 0 Å². The van der Waals surface area contributed by atoms with Gasteiger partial charge in [0.25, 0.3) is 0 Å². The molecule has 0 bridgehead atoms. The standard InChI is InChI=1S/C15H23NO2/c1-4-11-9-12(5-8-14(11)18-3)15(17)10(2)16-13-6-7-13/h5,8-10,13,15-17H,4,6-7H2,1-3H3. The lowest BCUT2D eigenvalue weighted by molar-refractivity contribution is 0.135. The number of hydrogen-bond donors (Lipinski definition) is 2. The first kappa shape index (κ1) is 13.4. The van der Waals surface area contributed by atoms with Gasteiger partial charge in [-0.1, -0.05) is 13.0 Å². The second kappa shape index (κ2) is 5.72. The van der Waals surface area contributed by atoms with E-state index in [0.29, 0.717) is 6.04 Å². The Morgan fingerprint density at radius 2 is 2.17 bits per heavy atom. The van der Waals surface area contributed by atoms with E-state index in [1.54, 1.807) is 7.11 Å². The highest BCUT2D eigenvalue weighted by molar-refractivity contribution is 5.38. The van der Waals surface area contributed by atoms with Gasteiger partial charge < -0.3 is 15.2 Å². The fourth-order valence-corrected chi connectivity index (χ4v) is 2.26. The van der Waals surface area contributed by atoms with E-state index in [0.717, 1.165) is 23.3 Å². The van der Waals surface area contributed by atoms with E-state index in [4.69, 9.17) is 4.74 Å². The molecule has 0 spiro atoms. The van der Waals surface area contributed by atoms with E-state index in [1.165, 1.54) is 12.8 Å². The van der Waals surface area contributed by atoms with Gasteiger partial charge in [0.1, 0.15) is 5.75 Å². The topological polar surface area (TPSA) is 41.5 Å². The summed E-state index contributed by atoms with van der Waals surface area (Å²) in [6.45, 7) is 4.14. The summed E-state index contributed by atoms with van der Waals surface area (Å²) in [6, 6.07) is 6.65. The molecular formula is C15H23NO2. The number of aryl methyl sites for hydroxylation is 1. The number of hydrogen-bond acceptors (Lipinski definition) is 3. The lowest BCUT2D eigenvalue weighted by Gasteiger charge is -2.21. The largest absolute Gasteiger partial charge is 0.496 e. The van der Waals surface area contributed by atoms with E-state index < -0.39 is 6.10 Å². The van der Waals surface area contributed by atoms with Crippen molar-refractivity contribution in [3.8, 4) is 5.75 Å². The molecule has 2 atom stereocenters. The number of nitrogens with one attached hydrogen (secondary N) is 1. The van der Waals surface area contributed by atoms with E-state index in [2.05, 4.69) is 18.3 Å². The number of rotatable bonds is 6. The molecule has 2 unspecified atom stereocenters. The van der Waals surface area contributed by atoms with Crippen LogP contribution in [0.4, 0.5) is 0 Å². The predicted octanol–water partition coefficient (Wildman–Crippen LogP) is 2.43. The fraction of sp³-hybridized carbons (Fsp3) is 0.600. The van der Waals surface area contributed by atoms with Gasteiger partial charge in [0.2, 0.25) is 0 Å². The first-order valence-electron chi connectivity index (χ1n) is 6.76. The maximum Gasteiger partial charge on any atom is 0.122 e. The van der Waals surface area contributed by atoms with E-state index in [1.807, 2.05) is 19.1 Å². The van der Waals surface area contributed by atoms with Gasteiger partial charge in [0, 0.05) is 12.1 Å². The van der Waals surface area contributed by atoms with Crippen molar-refractivity contribution in [2.75, 3.05) is 7.11 Å².